The molecule has 0 aliphatic carbocycles. The molecule has 0 saturated carbocycles. The van der Waals surface area contributed by atoms with Crippen molar-refractivity contribution in [3.8, 4) is 34.6 Å². The number of hydrogen-bond acceptors (Lipinski definition) is 9. The maximum absolute atomic E-state index is 11.5. The van der Waals surface area contributed by atoms with Crippen molar-refractivity contribution >= 4 is 25.1 Å². The van der Waals surface area contributed by atoms with Crippen LogP contribution in [0.15, 0.2) is 28.7 Å². The average Bonchev–Trinajstić information content (AvgIpc) is 3.53. The molecule has 1 atom stereocenters. The second kappa shape index (κ2) is 11.3. The molecule has 1 aliphatic rings. The van der Waals surface area contributed by atoms with Crippen LogP contribution in [0.5, 0.6) is 23.5 Å². The van der Waals surface area contributed by atoms with Gasteiger partial charge in [-0.05, 0) is 51.1 Å². The second-order valence-corrected chi connectivity index (χ2v) is 16.3. The number of aromatic nitrogens is 2. The molecular weight excluding hydrogens is 514 g/mol. The van der Waals surface area contributed by atoms with Crippen molar-refractivity contribution in [3.05, 3.63) is 35.6 Å². The number of carbonyl (C=O) groups excluding carboxylic acids is 1. The number of carbonyl (C=O) groups is 1. The molecule has 39 heavy (non-hydrogen) atoms. The fourth-order valence-corrected chi connectivity index (χ4v) is 6.00. The molecule has 210 valence electrons. The number of rotatable bonds is 10. The monoisotopic (exact) mass is 553 g/mol. The van der Waals surface area contributed by atoms with Crippen molar-refractivity contribution < 1.29 is 23.4 Å². The summed E-state index contributed by atoms with van der Waals surface area (Å²) in [5.74, 6) is 2.16. The first-order valence-corrected chi connectivity index (χ1v) is 16.5. The molecule has 2 aromatic heterocycles. The highest BCUT2D eigenvalue weighted by atomic mass is 28.3. The van der Waals surface area contributed by atoms with Crippen LogP contribution in [0.3, 0.4) is 0 Å². The summed E-state index contributed by atoms with van der Waals surface area (Å²) in [7, 11) is 5.60. The van der Waals surface area contributed by atoms with Crippen LogP contribution in [-0.4, -0.2) is 76.8 Å². The topological polar surface area (TPSA) is 116 Å². The molecule has 1 unspecified atom stereocenters. The van der Waals surface area contributed by atoms with E-state index in [4.69, 9.17) is 34.3 Å². The van der Waals surface area contributed by atoms with Gasteiger partial charge in [-0.2, -0.15) is 9.97 Å². The van der Waals surface area contributed by atoms with Crippen molar-refractivity contribution in [2.75, 3.05) is 52.8 Å². The molecule has 1 aliphatic heterocycles. The van der Waals surface area contributed by atoms with Crippen molar-refractivity contribution in [1.82, 2.24) is 14.9 Å². The number of nitrogens with two attached hydrogens (primary N) is 1. The van der Waals surface area contributed by atoms with Crippen molar-refractivity contribution in [2.45, 2.75) is 33.0 Å². The van der Waals surface area contributed by atoms with Gasteiger partial charge in [0, 0.05) is 31.3 Å². The third-order valence-corrected chi connectivity index (χ3v) is 8.96. The van der Waals surface area contributed by atoms with Crippen LogP contribution in [-0.2, 0) is 0 Å². The molecule has 0 bridgehead atoms. The molecule has 10 nitrogen and oxygen atoms in total. The predicted octanol–water partition coefficient (Wildman–Crippen LogP) is 3.89. The van der Waals surface area contributed by atoms with Crippen LogP contribution in [0.25, 0.3) is 11.1 Å². The normalized spacial score (nSPS) is 15.6. The zero-order valence-electron chi connectivity index (χ0n) is 24.1. The average molecular weight is 554 g/mol. The first-order chi connectivity index (χ1) is 18.4. The van der Waals surface area contributed by atoms with Crippen LogP contribution < -0.4 is 30.0 Å². The van der Waals surface area contributed by atoms with Gasteiger partial charge in [0.25, 0.3) is 11.9 Å². The predicted molar refractivity (Wildman–Crippen MR) is 154 cm³/mol. The Labute approximate surface area is 231 Å². The van der Waals surface area contributed by atoms with E-state index in [1.54, 1.807) is 20.3 Å². The van der Waals surface area contributed by atoms with Gasteiger partial charge in [0.15, 0.2) is 5.76 Å². The van der Waals surface area contributed by atoms with Crippen molar-refractivity contribution in [1.29, 1.82) is 0 Å². The minimum absolute atomic E-state index is 0.0336. The lowest BCUT2D eigenvalue weighted by Crippen LogP contribution is -2.37. The van der Waals surface area contributed by atoms with Gasteiger partial charge in [-0.3, -0.25) is 4.79 Å². The number of hydrogen-bond donors (Lipinski definition) is 1. The Bertz CT molecular complexity index is 1330. The summed E-state index contributed by atoms with van der Waals surface area (Å²) >= 11 is 0. The Morgan fingerprint density at radius 3 is 2.36 bits per heavy atom. The van der Waals surface area contributed by atoms with E-state index in [0.29, 0.717) is 34.9 Å². The molecule has 4 rings (SSSR count). The zero-order valence-corrected chi connectivity index (χ0v) is 25.1. The number of benzene rings is 1. The Morgan fingerprint density at radius 2 is 1.82 bits per heavy atom. The molecule has 2 N–H and O–H groups in total. The zero-order chi connectivity index (χ0) is 28.5. The first-order valence-electron chi connectivity index (χ1n) is 13.0. The Kier molecular flexibility index (Phi) is 8.22. The van der Waals surface area contributed by atoms with Gasteiger partial charge in [0.2, 0.25) is 17.7 Å². The number of amides is 1. The summed E-state index contributed by atoms with van der Waals surface area (Å²) in [5.41, 5.74) is 7.69. The lowest BCUT2D eigenvalue weighted by molar-refractivity contribution is 0.0969. The van der Waals surface area contributed by atoms with Gasteiger partial charge >= 0.3 is 0 Å². The highest BCUT2D eigenvalue weighted by molar-refractivity contribution is 6.88. The molecule has 1 amide bonds. The molecule has 1 fully saturated rings. The highest BCUT2D eigenvalue weighted by Gasteiger charge is 2.30. The van der Waals surface area contributed by atoms with Gasteiger partial charge in [-0.15, -0.1) is 0 Å². The Balaban J connectivity index is 1.80. The lowest BCUT2D eigenvalue weighted by Gasteiger charge is -2.24. The third-order valence-electron chi connectivity index (χ3n) is 6.94. The number of primary amides is 1. The fraction of sp³-hybridized carbons (Fsp3) is 0.464. The maximum atomic E-state index is 11.5. The van der Waals surface area contributed by atoms with Gasteiger partial charge in [-0.1, -0.05) is 30.9 Å². The van der Waals surface area contributed by atoms with Crippen molar-refractivity contribution in [2.24, 2.45) is 11.7 Å². The summed E-state index contributed by atoms with van der Waals surface area (Å²) in [4.78, 5) is 25.6. The van der Waals surface area contributed by atoms with E-state index in [1.807, 2.05) is 13.0 Å². The standard InChI is InChI=1S/C28H39N5O5Si/c1-17-20(13-19(39(6,7)8)14-22(17)38-23-10-9-21(37-23)25(29)34)24-26(35-4)30-28(31-27(24)36-5)33-12-11-18(16-33)15-32(2)3/h9-10,13-14,18H,11-12,15-16H2,1-8H3,(H2,29,34). The van der Waals surface area contributed by atoms with E-state index in [-0.39, 0.29) is 11.7 Å². The molecular formula is C28H39N5O5Si. The maximum Gasteiger partial charge on any atom is 0.290 e. The Hall–Kier alpha value is -3.57. The third kappa shape index (κ3) is 6.20. The second-order valence-electron chi connectivity index (χ2n) is 11.3. The van der Waals surface area contributed by atoms with E-state index in [2.05, 4.69) is 49.6 Å². The molecule has 0 radical (unpaired) electrons. The molecule has 11 heteroatoms. The van der Waals surface area contributed by atoms with Crippen LogP contribution >= 0.6 is 0 Å². The quantitative estimate of drug-likeness (QED) is 0.373. The van der Waals surface area contributed by atoms with Crippen LogP contribution in [0, 0.1) is 12.8 Å². The summed E-state index contributed by atoms with van der Waals surface area (Å²) in [6, 6.07) is 7.26. The smallest absolute Gasteiger partial charge is 0.290 e. The molecule has 3 heterocycles. The summed E-state index contributed by atoms with van der Waals surface area (Å²) in [6.07, 6.45) is 1.08. The molecule has 0 spiro atoms. The van der Waals surface area contributed by atoms with Crippen LogP contribution in [0.2, 0.25) is 19.6 Å². The summed E-state index contributed by atoms with van der Waals surface area (Å²) in [6.45, 7) is 11.5. The van der Waals surface area contributed by atoms with E-state index in [9.17, 15) is 4.79 Å². The number of anilines is 1. The fourth-order valence-electron chi connectivity index (χ4n) is 4.86. The van der Waals surface area contributed by atoms with Crippen LogP contribution in [0.4, 0.5) is 5.95 Å². The Morgan fingerprint density at radius 1 is 1.15 bits per heavy atom. The minimum atomic E-state index is -1.81. The first kappa shape index (κ1) is 28.4. The van der Waals surface area contributed by atoms with Crippen molar-refractivity contribution in [3.63, 3.8) is 0 Å². The van der Waals surface area contributed by atoms with Crippen LogP contribution in [0.1, 0.15) is 22.5 Å². The molecule has 1 aromatic carbocycles. The van der Waals surface area contributed by atoms with Gasteiger partial charge in [0.1, 0.15) is 11.3 Å². The van der Waals surface area contributed by atoms with Gasteiger partial charge < -0.3 is 34.2 Å². The van der Waals surface area contributed by atoms with E-state index in [0.717, 1.165) is 42.4 Å². The molecule has 3 aromatic rings. The van der Waals surface area contributed by atoms with Gasteiger partial charge in [0.05, 0.1) is 22.3 Å². The summed E-state index contributed by atoms with van der Waals surface area (Å²) in [5, 5.41) is 1.15. The van der Waals surface area contributed by atoms with E-state index in [1.165, 1.54) is 6.07 Å². The SMILES string of the molecule is COc1nc(N2CCC(CN(C)C)C2)nc(OC)c1-c1cc([Si](C)(C)C)cc(Oc2ccc(C(N)=O)o2)c1C. The molecule has 1 saturated heterocycles. The minimum Gasteiger partial charge on any atom is -0.480 e. The number of ether oxygens (including phenoxy) is 3. The largest absolute Gasteiger partial charge is 0.480 e. The number of nitrogens with zero attached hydrogens (tertiary/aromatic N) is 4. The van der Waals surface area contributed by atoms with E-state index < -0.39 is 14.0 Å². The lowest BCUT2D eigenvalue weighted by atomic mass is 10.0. The number of furan rings is 1. The van der Waals surface area contributed by atoms with E-state index >= 15 is 0 Å². The number of methoxy groups -OCH3 is 2. The summed E-state index contributed by atoms with van der Waals surface area (Å²) < 4.78 is 23.3. The highest BCUT2D eigenvalue weighted by Crippen LogP contribution is 2.42. The van der Waals surface area contributed by atoms with Gasteiger partial charge in [-0.25, -0.2) is 0 Å².